The highest BCUT2D eigenvalue weighted by atomic mass is 16.6. The Balaban J connectivity index is 2.14. The van der Waals surface area contributed by atoms with E-state index in [9.17, 15) is 14.9 Å². The number of carbonyl (C=O) groups excluding carboxylic acids is 1. The molecular formula is C19H19N3O4. The molecule has 1 atom stereocenters. The molecule has 7 heteroatoms. The van der Waals surface area contributed by atoms with Crippen LogP contribution in [0.5, 0.6) is 5.75 Å². The number of rotatable bonds is 8. The van der Waals surface area contributed by atoms with Crippen LogP contribution in [-0.4, -0.2) is 28.4 Å². The lowest BCUT2D eigenvalue weighted by molar-refractivity contribution is -0.386. The lowest BCUT2D eigenvalue weighted by Crippen LogP contribution is -2.40. The summed E-state index contributed by atoms with van der Waals surface area (Å²) in [6, 6.07) is 17.3. The number of carbonyl (C=O) groups is 1. The van der Waals surface area contributed by atoms with Crippen molar-refractivity contribution in [3.63, 3.8) is 0 Å². The monoisotopic (exact) mass is 353 g/mol. The van der Waals surface area contributed by atoms with Crippen LogP contribution in [-0.2, 0) is 11.3 Å². The minimum atomic E-state index is -0.918. The fraction of sp³-hybridized carbons (Fsp3) is 0.263. The molecule has 0 aromatic heterocycles. The molecule has 0 aliphatic rings. The molecule has 0 spiro atoms. The topological polar surface area (TPSA) is 96.5 Å². The summed E-state index contributed by atoms with van der Waals surface area (Å²) in [7, 11) is 0. The van der Waals surface area contributed by atoms with Gasteiger partial charge in [0.2, 0.25) is 0 Å². The minimum absolute atomic E-state index is 0.0401. The smallest absolute Gasteiger partial charge is 0.310 e. The summed E-state index contributed by atoms with van der Waals surface area (Å²) in [5.41, 5.74) is 0.732. The Hall–Kier alpha value is -3.40. The summed E-state index contributed by atoms with van der Waals surface area (Å²) in [6.07, 6.45) is -0.727. The third kappa shape index (κ3) is 5.05. The Morgan fingerprint density at radius 1 is 1.23 bits per heavy atom. The van der Waals surface area contributed by atoms with Crippen molar-refractivity contribution in [1.82, 2.24) is 4.90 Å². The van der Waals surface area contributed by atoms with Crippen molar-refractivity contribution in [3.8, 4) is 11.8 Å². The number of hydrogen-bond donors (Lipinski definition) is 0. The molecule has 2 aromatic rings. The highest BCUT2D eigenvalue weighted by molar-refractivity contribution is 5.81. The van der Waals surface area contributed by atoms with Crippen LogP contribution in [0.2, 0.25) is 0 Å². The van der Waals surface area contributed by atoms with Crippen LogP contribution < -0.4 is 4.74 Å². The number of nitriles is 1. The molecule has 2 rings (SSSR count). The van der Waals surface area contributed by atoms with Crippen LogP contribution in [0.15, 0.2) is 54.6 Å². The van der Waals surface area contributed by atoms with Crippen molar-refractivity contribution < 1.29 is 14.5 Å². The van der Waals surface area contributed by atoms with Crippen molar-refractivity contribution >= 4 is 11.6 Å². The van der Waals surface area contributed by atoms with E-state index in [-0.39, 0.29) is 30.3 Å². The van der Waals surface area contributed by atoms with Gasteiger partial charge in [-0.05, 0) is 18.6 Å². The average Bonchev–Trinajstić information content (AvgIpc) is 2.65. The number of ether oxygens (including phenoxy) is 1. The van der Waals surface area contributed by atoms with E-state index >= 15 is 0 Å². The first-order valence-corrected chi connectivity index (χ1v) is 8.12. The van der Waals surface area contributed by atoms with Crippen molar-refractivity contribution in [3.05, 3.63) is 70.3 Å². The lowest BCUT2D eigenvalue weighted by Gasteiger charge is -2.25. The van der Waals surface area contributed by atoms with Gasteiger partial charge in [0, 0.05) is 19.2 Å². The number of nitro benzene ring substituents is 1. The van der Waals surface area contributed by atoms with Gasteiger partial charge in [-0.2, -0.15) is 5.26 Å². The maximum absolute atomic E-state index is 12.8. The molecular weight excluding hydrogens is 334 g/mol. The van der Waals surface area contributed by atoms with Crippen LogP contribution >= 0.6 is 0 Å². The van der Waals surface area contributed by atoms with E-state index in [2.05, 4.69) is 0 Å². The molecule has 0 saturated heterocycles. The molecule has 0 aliphatic carbocycles. The average molecular weight is 353 g/mol. The van der Waals surface area contributed by atoms with Gasteiger partial charge in [0.1, 0.15) is 0 Å². The first-order valence-electron chi connectivity index (χ1n) is 8.12. The third-order valence-electron chi connectivity index (χ3n) is 3.73. The Labute approximate surface area is 151 Å². The number of benzene rings is 2. The molecule has 134 valence electrons. The first kappa shape index (κ1) is 18.9. The molecule has 2 aromatic carbocycles. The van der Waals surface area contributed by atoms with E-state index in [0.717, 1.165) is 5.56 Å². The van der Waals surface area contributed by atoms with E-state index in [0.29, 0.717) is 6.54 Å². The van der Waals surface area contributed by atoms with Crippen LogP contribution in [0.1, 0.15) is 18.9 Å². The second-order valence-corrected chi connectivity index (χ2v) is 5.64. The largest absolute Gasteiger partial charge is 0.474 e. The molecule has 0 N–H and O–H groups in total. The van der Waals surface area contributed by atoms with Crippen molar-refractivity contribution in [1.29, 1.82) is 5.26 Å². The summed E-state index contributed by atoms with van der Waals surface area (Å²) in [5, 5.41) is 19.9. The first-order chi connectivity index (χ1) is 12.5. The molecule has 0 heterocycles. The van der Waals surface area contributed by atoms with Crippen LogP contribution in [0.25, 0.3) is 0 Å². The van der Waals surface area contributed by atoms with Gasteiger partial charge < -0.3 is 9.64 Å². The number of para-hydroxylation sites is 2. The van der Waals surface area contributed by atoms with Crippen LogP contribution in [0.3, 0.4) is 0 Å². The zero-order valence-corrected chi connectivity index (χ0v) is 14.4. The fourth-order valence-electron chi connectivity index (χ4n) is 2.46. The summed E-state index contributed by atoms with van der Waals surface area (Å²) < 4.78 is 5.55. The summed E-state index contributed by atoms with van der Waals surface area (Å²) in [6.45, 7) is 2.14. The summed E-state index contributed by atoms with van der Waals surface area (Å²) >= 11 is 0. The van der Waals surface area contributed by atoms with Gasteiger partial charge in [-0.1, -0.05) is 42.5 Å². The van der Waals surface area contributed by atoms with Crippen molar-refractivity contribution in [2.45, 2.75) is 26.0 Å². The molecule has 26 heavy (non-hydrogen) atoms. The summed E-state index contributed by atoms with van der Waals surface area (Å²) in [5.74, 6) is -0.291. The molecule has 0 saturated carbocycles. The van der Waals surface area contributed by atoms with E-state index in [1.54, 1.807) is 13.0 Å². The maximum atomic E-state index is 12.8. The molecule has 0 aliphatic heterocycles. The Morgan fingerprint density at radius 3 is 2.54 bits per heavy atom. The normalized spacial score (nSPS) is 11.2. The van der Waals surface area contributed by atoms with E-state index in [4.69, 9.17) is 10.00 Å². The number of nitrogens with zero attached hydrogens (tertiary/aromatic N) is 3. The standard InChI is InChI=1S/C19H19N3O4/c1-15(26-18-11-6-5-10-17(18)22(24)25)19(23)21(13-7-12-20)14-16-8-3-2-4-9-16/h2-6,8-11,15H,7,13-14H2,1H3. The van der Waals surface area contributed by atoms with Gasteiger partial charge in [0.05, 0.1) is 17.4 Å². The summed E-state index contributed by atoms with van der Waals surface area (Å²) in [4.78, 5) is 24.8. The van der Waals surface area contributed by atoms with Crippen molar-refractivity contribution in [2.24, 2.45) is 0 Å². The molecule has 0 radical (unpaired) electrons. The van der Waals surface area contributed by atoms with Gasteiger partial charge in [-0.25, -0.2) is 0 Å². The second kappa shape index (κ2) is 9.18. The zero-order valence-electron chi connectivity index (χ0n) is 14.4. The highest BCUT2D eigenvalue weighted by Crippen LogP contribution is 2.27. The molecule has 7 nitrogen and oxygen atoms in total. The molecule has 1 amide bonds. The molecule has 0 fully saturated rings. The lowest BCUT2D eigenvalue weighted by atomic mass is 10.2. The fourth-order valence-corrected chi connectivity index (χ4v) is 2.46. The molecule has 1 unspecified atom stereocenters. The molecule has 0 bridgehead atoms. The second-order valence-electron chi connectivity index (χ2n) is 5.64. The van der Waals surface area contributed by atoms with Crippen LogP contribution in [0, 0.1) is 21.4 Å². The quantitative estimate of drug-likeness (QED) is 0.536. The Morgan fingerprint density at radius 2 is 1.88 bits per heavy atom. The van der Waals surface area contributed by atoms with Gasteiger partial charge in [-0.3, -0.25) is 14.9 Å². The van der Waals surface area contributed by atoms with Crippen LogP contribution in [0.4, 0.5) is 5.69 Å². The van der Waals surface area contributed by atoms with Gasteiger partial charge in [0.15, 0.2) is 11.9 Å². The predicted octanol–water partition coefficient (Wildman–Crippen LogP) is 3.30. The van der Waals surface area contributed by atoms with E-state index < -0.39 is 11.0 Å². The SMILES string of the molecule is CC(Oc1ccccc1[N+](=O)[O-])C(=O)N(CCC#N)Cc1ccccc1. The maximum Gasteiger partial charge on any atom is 0.310 e. The zero-order chi connectivity index (χ0) is 18.9. The van der Waals surface area contributed by atoms with Gasteiger partial charge in [-0.15, -0.1) is 0 Å². The van der Waals surface area contributed by atoms with Gasteiger partial charge >= 0.3 is 5.69 Å². The number of hydrogen-bond acceptors (Lipinski definition) is 5. The van der Waals surface area contributed by atoms with Crippen molar-refractivity contribution in [2.75, 3.05) is 6.54 Å². The van der Waals surface area contributed by atoms with E-state index in [1.807, 2.05) is 36.4 Å². The minimum Gasteiger partial charge on any atom is -0.474 e. The highest BCUT2D eigenvalue weighted by Gasteiger charge is 2.25. The van der Waals surface area contributed by atoms with E-state index in [1.165, 1.54) is 23.1 Å². The number of amides is 1. The number of nitro groups is 1. The third-order valence-corrected chi connectivity index (χ3v) is 3.73. The predicted molar refractivity (Wildman–Crippen MR) is 95.3 cm³/mol. The van der Waals surface area contributed by atoms with Gasteiger partial charge in [0.25, 0.3) is 5.91 Å². The Kier molecular flexibility index (Phi) is 6.68. The Bertz CT molecular complexity index is 802.